The van der Waals surface area contributed by atoms with E-state index in [4.69, 9.17) is 4.74 Å². The Balaban J connectivity index is 1.59. The van der Waals surface area contributed by atoms with Gasteiger partial charge in [0.2, 0.25) is 0 Å². The Morgan fingerprint density at radius 1 is 0.818 bits per heavy atom. The van der Waals surface area contributed by atoms with Crippen LogP contribution >= 0.6 is 0 Å². The number of anilines is 1. The highest BCUT2D eigenvalue weighted by molar-refractivity contribution is 5.97. The monoisotopic (exact) mass is 444 g/mol. The molecule has 0 bridgehead atoms. The number of esters is 1. The summed E-state index contributed by atoms with van der Waals surface area (Å²) < 4.78 is 5.12. The lowest BCUT2D eigenvalue weighted by atomic mass is 10.0. The summed E-state index contributed by atoms with van der Waals surface area (Å²) in [5, 5.41) is 5.45. The maximum atomic E-state index is 12.6. The lowest BCUT2D eigenvalue weighted by molar-refractivity contribution is -0.147. The highest BCUT2D eigenvalue weighted by atomic mass is 16.5. The van der Waals surface area contributed by atoms with Gasteiger partial charge in [0.1, 0.15) is 0 Å². The highest BCUT2D eigenvalue weighted by Gasteiger charge is 2.20. The van der Waals surface area contributed by atoms with Gasteiger partial charge in [0.25, 0.3) is 11.8 Å². The van der Waals surface area contributed by atoms with Crippen molar-refractivity contribution in [3.8, 4) is 0 Å². The summed E-state index contributed by atoms with van der Waals surface area (Å²) >= 11 is 0. The molecule has 0 radical (unpaired) electrons. The molecule has 33 heavy (non-hydrogen) atoms. The van der Waals surface area contributed by atoms with Gasteiger partial charge in [-0.3, -0.25) is 19.2 Å². The molecule has 0 aliphatic heterocycles. The van der Waals surface area contributed by atoms with Gasteiger partial charge < -0.3 is 15.4 Å². The molecule has 3 aromatic rings. The van der Waals surface area contributed by atoms with E-state index in [0.29, 0.717) is 16.8 Å². The summed E-state index contributed by atoms with van der Waals surface area (Å²) in [4.78, 5) is 48.7. The minimum Gasteiger partial charge on any atom is -0.455 e. The van der Waals surface area contributed by atoms with Crippen LogP contribution in [0.3, 0.4) is 0 Å². The first-order chi connectivity index (χ1) is 15.9. The van der Waals surface area contributed by atoms with E-state index in [2.05, 4.69) is 10.6 Å². The average molecular weight is 444 g/mol. The Morgan fingerprint density at radius 3 is 2.12 bits per heavy atom. The van der Waals surface area contributed by atoms with E-state index in [-0.39, 0.29) is 18.1 Å². The van der Waals surface area contributed by atoms with Crippen LogP contribution in [-0.2, 0) is 14.3 Å². The predicted molar refractivity (Wildman–Crippen MR) is 124 cm³/mol. The number of benzene rings is 3. The normalized spacial score (nSPS) is 11.2. The summed E-state index contributed by atoms with van der Waals surface area (Å²) in [6.45, 7) is 0.944. The van der Waals surface area contributed by atoms with Crippen LogP contribution in [0.1, 0.15) is 45.7 Å². The fourth-order valence-corrected chi connectivity index (χ4v) is 3.15. The Labute approximate surface area is 191 Å². The third kappa shape index (κ3) is 7.14. The molecule has 0 aromatic heterocycles. The van der Waals surface area contributed by atoms with Crippen molar-refractivity contribution in [2.24, 2.45) is 0 Å². The van der Waals surface area contributed by atoms with Crippen LogP contribution < -0.4 is 10.6 Å². The zero-order valence-corrected chi connectivity index (χ0v) is 18.1. The summed E-state index contributed by atoms with van der Waals surface area (Å²) in [7, 11) is 0. The lowest BCUT2D eigenvalue weighted by Gasteiger charge is -2.19. The Morgan fingerprint density at radius 2 is 1.45 bits per heavy atom. The molecule has 0 heterocycles. The smallest absolute Gasteiger partial charge is 0.308 e. The minimum atomic E-state index is -0.634. The minimum absolute atomic E-state index is 0.123. The molecule has 3 aromatic carbocycles. The molecule has 1 atom stereocenters. The Bertz CT molecular complexity index is 1130. The number of Topliss-reactive ketones (excluding diaryl/α,β-unsaturated/α-hetero) is 1. The van der Waals surface area contributed by atoms with Crippen molar-refractivity contribution >= 4 is 29.3 Å². The molecular formula is C26H24N2O5. The zero-order valence-electron chi connectivity index (χ0n) is 18.1. The van der Waals surface area contributed by atoms with Gasteiger partial charge in [0, 0.05) is 16.8 Å². The van der Waals surface area contributed by atoms with Crippen molar-refractivity contribution in [3.63, 3.8) is 0 Å². The number of hydrogen-bond acceptors (Lipinski definition) is 5. The molecule has 168 valence electrons. The highest BCUT2D eigenvalue weighted by Crippen LogP contribution is 2.18. The van der Waals surface area contributed by atoms with Crippen LogP contribution in [-0.4, -0.2) is 30.2 Å². The molecule has 0 aliphatic carbocycles. The number of rotatable bonds is 9. The van der Waals surface area contributed by atoms with Crippen molar-refractivity contribution < 1.29 is 23.9 Å². The molecule has 0 spiro atoms. The maximum absolute atomic E-state index is 12.6. The van der Waals surface area contributed by atoms with E-state index in [1.807, 2.05) is 24.3 Å². The zero-order chi connectivity index (χ0) is 23.6. The maximum Gasteiger partial charge on any atom is 0.308 e. The van der Waals surface area contributed by atoms with Crippen LogP contribution in [0.2, 0.25) is 0 Å². The van der Waals surface area contributed by atoms with Crippen molar-refractivity contribution in [2.45, 2.75) is 19.4 Å². The molecule has 0 fully saturated rings. The van der Waals surface area contributed by atoms with Crippen molar-refractivity contribution in [2.75, 3.05) is 11.9 Å². The molecule has 0 saturated heterocycles. The van der Waals surface area contributed by atoms with E-state index < -0.39 is 24.5 Å². The number of carbonyl (C=O) groups excluding carboxylic acids is 4. The molecule has 7 nitrogen and oxygen atoms in total. The second kappa shape index (κ2) is 11.4. The molecule has 0 unspecified atom stereocenters. The van der Waals surface area contributed by atoms with Gasteiger partial charge in [-0.05, 0) is 36.8 Å². The molecule has 0 saturated carbocycles. The SMILES string of the molecule is CC(=O)c1cccc(NC(=O)COC(=O)C[C@H](NC(=O)c2ccccc2)c2ccccc2)c1. The van der Waals surface area contributed by atoms with Crippen LogP contribution in [0.15, 0.2) is 84.9 Å². The average Bonchev–Trinajstić information content (AvgIpc) is 2.83. The van der Waals surface area contributed by atoms with Crippen LogP contribution in [0.25, 0.3) is 0 Å². The molecular weight excluding hydrogens is 420 g/mol. The van der Waals surface area contributed by atoms with E-state index in [0.717, 1.165) is 5.56 Å². The first kappa shape index (κ1) is 23.4. The van der Waals surface area contributed by atoms with E-state index in [9.17, 15) is 19.2 Å². The second-order valence-electron chi connectivity index (χ2n) is 7.35. The lowest BCUT2D eigenvalue weighted by Crippen LogP contribution is -2.31. The molecule has 0 aliphatic rings. The largest absolute Gasteiger partial charge is 0.455 e. The fraction of sp³-hybridized carbons (Fsp3) is 0.154. The van der Waals surface area contributed by atoms with Gasteiger partial charge in [-0.15, -0.1) is 0 Å². The van der Waals surface area contributed by atoms with Gasteiger partial charge in [-0.25, -0.2) is 0 Å². The first-order valence-corrected chi connectivity index (χ1v) is 10.4. The van der Waals surface area contributed by atoms with Crippen LogP contribution in [0, 0.1) is 0 Å². The molecule has 7 heteroatoms. The third-order valence-electron chi connectivity index (χ3n) is 4.83. The number of ketones is 1. The Hall–Kier alpha value is -4.26. The number of ether oxygens (including phenoxy) is 1. The third-order valence-corrected chi connectivity index (χ3v) is 4.83. The number of hydrogen-bond donors (Lipinski definition) is 2. The van der Waals surface area contributed by atoms with Crippen molar-refractivity contribution in [3.05, 3.63) is 102 Å². The van der Waals surface area contributed by atoms with Crippen molar-refractivity contribution in [1.82, 2.24) is 5.32 Å². The molecule has 2 N–H and O–H groups in total. The standard InChI is InChI=1S/C26H24N2O5/c1-18(29)21-13-8-14-22(15-21)27-24(30)17-33-25(31)16-23(19-9-4-2-5-10-19)28-26(32)20-11-6-3-7-12-20/h2-15,23H,16-17H2,1H3,(H,27,30)(H,28,32)/t23-/m0/s1. The van der Waals surface area contributed by atoms with Crippen molar-refractivity contribution in [1.29, 1.82) is 0 Å². The summed E-state index contributed by atoms with van der Waals surface area (Å²) in [5.74, 6) is -1.61. The number of nitrogens with one attached hydrogen (secondary N) is 2. The summed E-state index contributed by atoms with van der Waals surface area (Å²) in [6, 6.07) is 23.6. The first-order valence-electron chi connectivity index (χ1n) is 10.4. The van der Waals surface area contributed by atoms with Gasteiger partial charge in [-0.1, -0.05) is 60.7 Å². The van der Waals surface area contributed by atoms with E-state index >= 15 is 0 Å². The van der Waals surface area contributed by atoms with Gasteiger partial charge in [0.05, 0.1) is 12.5 Å². The van der Waals surface area contributed by atoms with E-state index in [1.54, 1.807) is 60.7 Å². The summed E-state index contributed by atoms with van der Waals surface area (Å²) in [6.07, 6.45) is -0.143. The van der Waals surface area contributed by atoms with Crippen LogP contribution in [0.5, 0.6) is 0 Å². The van der Waals surface area contributed by atoms with Gasteiger partial charge in [-0.2, -0.15) is 0 Å². The summed E-state index contributed by atoms with van der Waals surface area (Å²) in [5.41, 5.74) is 2.11. The molecule has 2 amide bonds. The van der Waals surface area contributed by atoms with Gasteiger partial charge >= 0.3 is 5.97 Å². The quantitative estimate of drug-likeness (QED) is 0.385. The molecule has 3 rings (SSSR count). The topological polar surface area (TPSA) is 102 Å². The van der Waals surface area contributed by atoms with Crippen LogP contribution in [0.4, 0.5) is 5.69 Å². The number of amides is 2. The predicted octanol–water partition coefficient (Wildman–Crippen LogP) is 3.93. The Kier molecular flexibility index (Phi) is 8.07. The van der Waals surface area contributed by atoms with Gasteiger partial charge in [0.15, 0.2) is 12.4 Å². The second-order valence-corrected chi connectivity index (χ2v) is 7.35. The van der Waals surface area contributed by atoms with E-state index in [1.165, 1.54) is 6.92 Å². The number of carbonyl (C=O) groups is 4. The fourth-order valence-electron chi connectivity index (χ4n) is 3.15.